The topological polar surface area (TPSA) is 70.9 Å². The van der Waals surface area contributed by atoms with Gasteiger partial charge in [-0.2, -0.15) is 5.10 Å². The average molecular weight is 349 g/mol. The maximum atomic E-state index is 11.6. The Kier molecular flexibility index (Phi) is 5.34. The Morgan fingerprint density at radius 2 is 1.95 bits per heavy atom. The molecule has 0 atom stereocenters. The van der Waals surface area contributed by atoms with E-state index in [4.69, 9.17) is 9.84 Å². The van der Waals surface area contributed by atoms with Crippen molar-refractivity contribution in [3.63, 3.8) is 0 Å². The van der Waals surface area contributed by atoms with Crippen molar-refractivity contribution < 1.29 is 14.6 Å². The summed E-state index contributed by atoms with van der Waals surface area (Å²) in [7, 11) is 0. The molecule has 6 heteroatoms. The highest BCUT2D eigenvalue weighted by Gasteiger charge is 2.03. The van der Waals surface area contributed by atoms with E-state index in [9.17, 15) is 4.79 Å². The Hall–Kier alpha value is -2.34. The predicted octanol–water partition coefficient (Wildman–Crippen LogP) is 2.68. The number of rotatable bonds is 5. The second kappa shape index (κ2) is 7.44. The SMILES string of the molecule is O=C(COc1ccccc1Br)N/N=C/c1ccc(O)cc1. The molecule has 0 saturated heterocycles. The summed E-state index contributed by atoms with van der Waals surface area (Å²) in [4.78, 5) is 11.6. The number of carbonyl (C=O) groups excluding carboxylic acids is 1. The molecule has 5 nitrogen and oxygen atoms in total. The number of benzene rings is 2. The summed E-state index contributed by atoms with van der Waals surface area (Å²) in [6.07, 6.45) is 1.48. The van der Waals surface area contributed by atoms with Crippen molar-refractivity contribution in [2.75, 3.05) is 6.61 Å². The first-order valence-corrected chi connectivity index (χ1v) is 6.93. The Labute approximate surface area is 130 Å². The lowest BCUT2D eigenvalue weighted by atomic mass is 10.2. The van der Waals surface area contributed by atoms with Gasteiger partial charge in [0.1, 0.15) is 11.5 Å². The third-order valence-electron chi connectivity index (χ3n) is 2.49. The van der Waals surface area contributed by atoms with Crippen molar-refractivity contribution in [2.45, 2.75) is 0 Å². The van der Waals surface area contributed by atoms with Gasteiger partial charge in [-0.05, 0) is 57.9 Å². The zero-order chi connectivity index (χ0) is 15.1. The van der Waals surface area contributed by atoms with Crippen LogP contribution in [-0.2, 0) is 4.79 Å². The first kappa shape index (κ1) is 15.1. The van der Waals surface area contributed by atoms with Crippen LogP contribution >= 0.6 is 15.9 Å². The molecule has 2 rings (SSSR count). The van der Waals surface area contributed by atoms with Crippen molar-refractivity contribution in [1.29, 1.82) is 0 Å². The number of carbonyl (C=O) groups is 1. The maximum Gasteiger partial charge on any atom is 0.277 e. The maximum absolute atomic E-state index is 11.6. The lowest BCUT2D eigenvalue weighted by Crippen LogP contribution is -2.24. The zero-order valence-corrected chi connectivity index (χ0v) is 12.6. The van der Waals surface area contributed by atoms with E-state index in [0.717, 1.165) is 10.0 Å². The number of para-hydroxylation sites is 1. The normalized spacial score (nSPS) is 10.5. The molecule has 1 amide bonds. The molecule has 0 unspecified atom stereocenters. The Balaban J connectivity index is 1.80. The van der Waals surface area contributed by atoms with Crippen molar-refractivity contribution in [3.8, 4) is 11.5 Å². The van der Waals surface area contributed by atoms with Crippen LogP contribution in [0.25, 0.3) is 0 Å². The fourth-order valence-electron chi connectivity index (χ4n) is 1.48. The van der Waals surface area contributed by atoms with E-state index in [1.54, 1.807) is 30.3 Å². The average Bonchev–Trinajstić information content (AvgIpc) is 2.48. The summed E-state index contributed by atoms with van der Waals surface area (Å²) in [6.45, 7) is -0.129. The number of halogens is 1. The molecular weight excluding hydrogens is 336 g/mol. The Bertz CT molecular complexity index is 642. The third-order valence-corrected chi connectivity index (χ3v) is 3.15. The minimum atomic E-state index is -0.360. The minimum absolute atomic E-state index is 0.129. The number of hydrazone groups is 1. The van der Waals surface area contributed by atoms with Gasteiger partial charge in [0, 0.05) is 0 Å². The van der Waals surface area contributed by atoms with Gasteiger partial charge in [-0.15, -0.1) is 0 Å². The summed E-state index contributed by atoms with van der Waals surface area (Å²) < 4.78 is 6.13. The van der Waals surface area contributed by atoms with Crippen LogP contribution in [-0.4, -0.2) is 23.8 Å². The second-order valence-corrected chi connectivity index (χ2v) is 4.96. The molecule has 0 spiro atoms. The van der Waals surface area contributed by atoms with Gasteiger partial charge in [0.25, 0.3) is 5.91 Å². The number of ether oxygens (including phenoxy) is 1. The number of hydrogen-bond acceptors (Lipinski definition) is 4. The molecule has 0 fully saturated rings. The van der Waals surface area contributed by atoms with Crippen molar-refractivity contribution in [1.82, 2.24) is 5.43 Å². The zero-order valence-electron chi connectivity index (χ0n) is 11.0. The van der Waals surface area contributed by atoms with Crippen LogP contribution in [0.5, 0.6) is 11.5 Å². The highest BCUT2D eigenvalue weighted by Crippen LogP contribution is 2.23. The summed E-state index contributed by atoms with van der Waals surface area (Å²) in [5.74, 6) is 0.411. The van der Waals surface area contributed by atoms with E-state index in [0.29, 0.717) is 5.75 Å². The molecule has 0 bridgehead atoms. The van der Waals surface area contributed by atoms with Gasteiger partial charge in [0.05, 0.1) is 10.7 Å². The van der Waals surface area contributed by atoms with E-state index in [-0.39, 0.29) is 18.3 Å². The fourth-order valence-corrected chi connectivity index (χ4v) is 1.88. The van der Waals surface area contributed by atoms with Gasteiger partial charge in [-0.1, -0.05) is 12.1 Å². The van der Waals surface area contributed by atoms with E-state index in [2.05, 4.69) is 26.5 Å². The monoisotopic (exact) mass is 348 g/mol. The Morgan fingerprint density at radius 1 is 1.24 bits per heavy atom. The van der Waals surface area contributed by atoms with E-state index < -0.39 is 0 Å². The number of amides is 1. The highest BCUT2D eigenvalue weighted by atomic mass is 79.9. The standard InChI is InChI=1S/C15H13BrN2O3/c16-13-3-1-2-4-14(13)21-10-15(20)18-17-9-11-5-7-12(19)8-6-11/h1-9,19H,10H2,(H,18,20)/b17-9+. The van der Waals surface area contributed by atoms with Gasteiger partial charge >= 0.3 is 0 Å². The number of phenolic OH excluding ortho intramolecular Hbond substituents is 1. The van der Waals surface area contributed by atoms with Gasteiger partial charge in [0.15, 0.2) is 6.61 Å². The molecule has 0 aliphatic carbocycles. The molecule has 0 heterocycles. The Morgan fingerprint density at radius 3 is 2.67 bits per heavy atom. The molecule has 0 saturated carbocycles. The van der Waals surface area contributed by atoms with E-state index >= 15 is 0 Å². The first-order chi connectivity index (χ1) is 10.1. The highest BCUT2D eigenvalue weighted by molar-refractivity contribution is 9.10. The van der Waals surface area contributed by atoms with E-state index in [1.807, 2.05) is 18.2 Å². The lowest BCUT2D eigenvalue weighted by Gasteiger charge is -2.06. The van der Waals surface area contributed by atoms with Gasteiger partial charge in [0.2, 0.25) is 0 Å². The number of nitrogens with one attached hydrogen (secondary N) is 1. The molecule has 0 aliphatic rings. The summed E-state index contributed by atoms with van der Waals surface area (Å²) in [6, 6.07) is 13.7. The minimum Gasteiger partial charge on any atom is -0.508 e. The van der Waals surface area contributed by atoms with Gasteiger partial charge in [-0.25, -0.2) is 5.43 Å². The predicted molar refractivity (Wildman–Crippen MR) is 83.5 cm³/mol. The van der Waals surface area contributed by atoms with Gasteiger partial charge in [-0.3, -0.25) is 4.79 Å². The molecule has 2 aromatic carbocycles. The molecule has 0 radical (unpaired) electrons. The van der Waals surface area contributed by atoms with Crippen molar-refractivity contribution in [2.24, 2.45) is 5.10 Å². The van der Waals surface area contributed by atoms with Crippen LogP contribution in [0.1, 0.15) is 5.56 Å². The third kappa shape index (κ3) is 4.92. The van der Waals surface area contributed by atoms with E-state index in [1.165, 1.54) is 6.21 Å². The number of nitrogens with zero attached hydrogens (tertiary/aromatic N) is 1. The van der Waals surface area contributed by atoms with Crippen LogP contribution < -0.4 is 10.2 Å². The number of aromatic hydroxyl groups is 1. The van der Waals surface area contributed by atoms with Crippen LogP contribution in [0.4, 0.5) is 0 Å². The summed E-state index contributed by atoms with van der Waals surface area (Å²) in [5.41, 5.74) is 3.13. The second-order valence-electron chi connectivity index (χ2n) is 4.10. The van der Waals surface area contributed by atoms with Crippen LogP contribution in [0, 0.1) is 0 Å². The molecule has 2 aromatic rings. The molecular formula is C15H13BrN2O3. The number of hydrogen-bond donors (Lipinski definition) is 2. The van der Waals surface area contributed by atoms with Crippen LogP contribution in [0.15, 0.2) is 58.1 Å². The molecule has 108 valence electrons. The summed E-state index contributed by atoms with van der Waals surface area (Å²) in [5, 5.41) is 12.9. The number of phenols is 1. The summed E-state index contributed by atoms with van der Waals surface area (Å²) >= 11 is 3.33. The quantitative estimate of drug-likeness (QED) is 0.644. The smallest absolute Gasteiger partial charge is 0.277 e. The van der Waals surface area contributed by atoms with Crippen LogP contribution in [0.2, 0.25) is 0 Å². The largest absolute Gasteiger partial charge is 0.508 e. The first-order valence-electron chi connectivity index (χ1n) is 6.13. The van der Waals surface area contributed by atoms with Crippen LogP contribution in [0.3, 0.4) is 0 Å². The van der Waals surface area contributed by atoms with Crippen molar-refractivity contribution in [3.05, 3.63) is 58.6 Å². The molecule has 0 aliphatic heterocycles. The molecule has 0 aromatic heterocycles. The lowest BCUT2D eigenvalue weighted by molar-refractivity contribution is -0.123. The van der Waals surface area contributed by atoms with Crippen molar-refractivity contribution >= 4 is 28.1 Å². The fraction of sp³-hybridized carbons (Fsp3) is 0.0667. The molecule has 2 N–H and O–H groups in total. The molecule has 21 heavy (non-hydrogen) atoms. The van der Waals surface area contributed by atoms with Gasteiger partial charge < -0.3 is 9.84 Å².